The number of rotatable bonds is 6. The summed E-state index contributed by atoms with van der Waals surface area (Å²) in [7, 11) is 0. The fraction of sp³-hybridized carbons (Fsp3) is 0.192. The van der Waals surface area contributed by atoms with Crippen LogP contribution in [0, 0.1) is 17.1 Å². The van der Waals surface area contributed by atoms with Gasteiger partial charge in [0.15, 0.2) is 5.82 Å². The maximum absolute atomic E-state index is 15.2. The van der Waals surface area contributed by atoms with Crippen LogP contribution in [0.5, 0.6) is 0 Å². The van der Waals surface area contributed by atoms with Crippen LogP contribution >= 0.6 is 15.9 Å². The molecule has 0 saturated heterocycles. The second-order valence-electron chi connectivity index (χ2n) is 8.87. The van der Waals surface area contributed by atoms with Crippen LogP contribution in [0.4, 0.5) is 68.5 Å². The van der Waals surface area contributed by atoms with Gasteiger partial charge in [-0.25, -0.2) is 8.78 Å². The van der Waals surface area contributed by atoms with Crippen molar-refractivity contribution in [3.8, 4) is 6.07 Å². The van der Waals surface area contributed by atoms with Crippen LogP contribution in [-0.4, -0.2) is 30.1 Å². The van der Waals surface area contributed by atoms with Gasteiger partial charge >= 0.3 is 30.1 Å². The standard InChI is InChI=1S/C26H11BrF13N3O2/c27-16-9-13(22(29,25(35,36)37)24(33,34)26(38,39)40)8-15(23(30,31)32)19(16)43-21(45)14-5-2-6-17(18(14)28)42-20(44)12-4-1-3-11(7-12)10-41/h1-9H,(H,42,44)(H,43,45). The molecule has 0 aliphatic heterocycles. The summed E-state index contributed by atoms with van der Waals surface area (Å²) in [5.74, 6) is -11.6. The summed E-state index contributed by atoms with van der Waals surface area (Å²) in [4.78, 5) is 25.2. The van der Waals surface area contributed by atoms with E-state index in [2.05, 4.69) is 15.9 Å². The predicted molar refractivity (Wildman–Crippen MR) is 132 cm³/mol. The predicted octanol–water partition coefficient (Wildman–Crippen LogP) is 8.91. The molecule has 3 rings (SSSR count). The lowest BCUT2D eigenvalue weighted by molar-refractivity contribution is -0.389. The van der Waals surface area contributed by atoms with Gasteiger partial charge in [-0.05, 0) is 58.4 Å². The maximum Gasteiger partial charge on any atom is 0.457 e. The van der Waals surface area contributed by atoms with E-state index in [9.17, 15) is 62.3 Å². The number of benzene rings is 3. The number of hydrogen-bond donors (Lipinski definition) is 2. The van der Waals surface area contributed by atoms with Crippen molar-refractivity contribution in [2.24, 2.45) is 0 Å². The number of carbonyl (C=O) groups is 2. The summed E-state index contributed by atoms with van der Waals surface area (Å²) >= 11 is 2.22. The van der Waals surface area contributed by atoms with Gasteiger partial charge in [-0.15, -0.1) is 0 Å². The Kier molecular flexibility index (Phi) is 9.27. The van der Waals surface area contributed by atoms with Crippen molar-refractivity contribution in [2.75, 3.05) is 10.6 Å². The molecular weight excluding hydrogens is 713 g/mol. The molecule has 2 amide bonds. The minimum absolute atomic E-state index is 0.0377. The number of nitrogens with zero attached hydrogens (tertiary/aromatic N) is 1. The Balaban J connectivity index is 2.09. The summed E-state index contributed by atoms with van der Waals surface area (Å²) in [5.41, 5.74) is -15.6. The van der Waals surface area contributed by atoms with Crippen LogP contribution in [0.1, 0.15) is 37.4 Å². The number of nitrogens with one attached hydrogen (secondary N) is 2. The molecule has 0 radical (unpaired) electrons. The molecule has 0 aliphatic rings. The zero-order valence-corrected chi connectivity index (χ0v) is 22.8. The average molecular weight is 724 g/mol. The van der Waals surface area contributed by atoms with Gasteiger partial charge in [0.05, 0.1) is 34.1 Å². The van der Waals surface area contributed by atoms with Gasteiger partial charge in [0, 0.05) is 15.6 Å². The molecule has 240 valence electrons. The summed E-state index contributed by atoms with van der Waals surface area (Å²) in [6.45, 7) is 0. The van der Waals surface area contributed by atoms with E-state index in [1.54, 1.807) is 6.07 Å². The van der Waals surface area contributed by atoms with Gasteiger partial charge in [0.25, 0.3) is 11.8 Å². The third-order valence-corrected chi connectivity index (χ3v) is 6.58. The molecule has 45 heavy (non-hydrogen) atoms. The third kappa shape index (κ3) is 6.55. The Labute approximate surface area is 250 Å². The Bertz CT molecular complexity index is 1700. The van der Waals surface area contributed by atoms with E-state index >= 15 is 4.39 Å². The van der Waals surface area contributed by atoms with E-state index in [1.807, 2.05) is 5.32 Å². The van der Waals surface area contributed by atoms with Crippen molar-refractivity contribution in [3.63, 3.8) is 0 Å². The number of nitriles is 1. The molecule has 5 nitrogen and oxygen atoms in total. The quantitative estimate of drug-likeness (QED) is 0.249. The van der Waals surface area contributed by atoms with E-state index in [-0.39, 0.29) is 11.1 Å². The first kappa shape index (κ1) is 35.1. The van der Waals surface area contributed by atoms with Gasteiger partial charge in [0.2, 0.25) is 0 Å². The highest BCUT2D eigenvalue weighted by atomic mass is 79.9. The molecule has 3 aromatic carbocycles. The Morgan fingerprint density at radius 1 is 0.756 bits per heavy atom. The second kappa shape index (κ2) is 11.9. The minimum Gasteiger partial charge on any atom is -0.320 e. The maximum atomic E-state index is 15.2. The van der Waals surface area contributed by atoms with Crippen molar-refractivity contribution in [1.82, 2.24) is 0 Å². The van der Waals surface area contributed by atoms with Gasteiger partial charge in [-0.2, -0.15) is 53.6 Å². The van der Waals surface area contributed by atoms with Crippen LogP contribution in [0.25, 0.3) is 0 Å². The molecule has 19 heteroatoms. The van der Waals surface area contributed by atoms with E-state index < -0.39 is 92.4 Å². The lowest BCUT2D eigenvalue weighted by atomic mass is 9.86. The van der Waals surface area contributed by atoms with Crippen molar-refractivity contribution in [3.05, 3.63) is 92.7 Å². The molecule has 0 fully saturated rings. The number of carbonyl (C=O) groups excluding carboxylic acids is 2. The van der Waals surface area contributed by atoms with Crippen molar-refractivity contribution >= 4 is 39.1 Å². The number of anilines is 2. The number of amides is 2. The normalized spacial score (nSPS) is 13.9. The van der Waals surface area contributed by atoms with Gasteiger partial charge < -0.3 is 10.6 Å². The molecule has 0 bridgehead atoms. The topological polar surface area (TPSA) is 82.0 Å². The Morgan fingerprint density at radius 3 is 1.89 bits per heavy atom. The molecular formula is C26H11BrF13N3O2. The molecule has 0 heterocycles. The van der Waals surface area contributed by atoms with E-state index in [4.69, 9.17) is 5.26 Å². The fourth-order valence-corrected chi connectivity index (χ4v) is 4.34. The highest BCUT2D eigenvalue weighted by Crippen LogP contribution is 2.59. The first-order valence-corrected chi connectivity index (χ1v) is 12.3. The molecule has 0 aromatic heterocycles. The lowest BCUT2D eigenvalue weighted by Crippen LogP contribution is -2.59. The van der Waals surface area contributed by atoms with Crippen molar-refractivity contribution in [1.29, 1.82) is 5.26 Å². The summed E-state index contributed by atoms with van der Waals surface area (Å²) < 4.78 is 177. The van der Waals surface area contributed by atoms with Crippen molar-refractivity contribution < 1.29 is 66.7 Å². The summed E-state index contributed by atoms with van der Waals surface area (Å²) in [5, 5.41) is 12.4. The van der Waals surface area contributed by atoms with Crippen LogP contribution in [0.15, 0.2) is 59.1 Å². The first-order valence-electron chi connectivity index (χ1n) is 11.5. The highest BCUT2D eigenvalue weighted by molar-refractivity contribution is 9.10. The summed E-state index contributed by atoms with van der Waals surface area (Å²) in [6.07, 6.45) is -20.3. The van der Waals surface area contributed by atoms with Crippen LogP contribution in [0.2, 0.25) is 0 Å². The molecule has 2 N–H and O–H groups in total. The van der Waals surface area contributed by atoms with Gasteiger partial charge in [-0.3, -0.25) is 9.59 Å². The Morgan fingerprint density at radius 2 is 1.36 bits per heavy atom. The van der Waals surface area contributed by atoms with Crippen LogP contribution in [0.3, 0.4) is 0 Å². The number of halogens is 14. The minimum atomic E-state index is -7.30. The number of hydrogen-bond acceptors (Lipinski definition) is 3. The third-order valence-electron chi connectivity index (χ3n) is 5.96. The van der Waals surface area contributed by atoms with Gasteiger partial charge in [-0.1, -0.05) is 12.1 Å². The Hall–Kier alpha value is -4.34. The monoisotopic (exact) mass is 723 g/mol. The smallest absolute Gasteiger partial charge is 0.320 e. The zero-order valence-electron chi connectivity index (χ0n) is 21.3. The molecule has 1 atom stereocenters. The second-order valence-corrected chi connectivity index (χ2v) is 9.73. The molecule has 0 saturated carbocycles. The van der Waals surface area contributed by atoms with E-state index in [0.29, 0.717) is 6.07 Å². The van der Waals surface area contributed by atoms with Crippen molar-refractivity contribution in [2.45, 2.75) is 30.1 Å². The molecule has 0 aliphatic carbocycles. The molecule has 1 unspecified atom stereocenters. The van der Waals surface area contributed by atoms with Crippen LogP contribution < -0.4 is 10.6 Å². The van der Waals surface area contributed by atoms with Crippen LogP contribution in [-0.2, 0) is 11.8 Å². The van der Waals surface area contributed by atoms with Gasteiger partial charge in [0.1, 0.15) is 0 Å². The largest absolute Gasteiger partial charge is 0.457 e. The SMILES string of the molecule is N#Cc1cccc(C(=O)Nc2cccc(C(=O)Nc3c(Br)cc(C(F)(C(F)(F)F)C(F)(F)C(F)(F)F)cc3C(F)(F)F)c2F)c1. The first-order chi connectivity index (χ1) is 20.5. The number of alkyl halides is 12. The fourth-order valence-electron chi connectivity index (χ4n) is 3.78. The average Bonchev–Trinajstić information content (AvgIpc) is 2.92. The highest BCUT2D eigenvalue weighted by Gasteiger charge is 2.82. The van der Waals surface area contributed by atoms with E-state index in [0.717, 1.165) is 18.2 Å². The summed E-state index contributed by atoms with van der Waals surface area (Å²) in [6, 6.07) is 7.74. The lowest BCUT2D eigenvalue weighted by Gasteiger charge is -2.36. The zero-order chi connectivity index (χ0) is 34.3. The van der Waals surface area contributed by atoms with E-state index in [1.165, 1.54) is 23.5 Å². The molecule has 0 spiro atoms. The molecule has 3 aromatic rings.